The molecule has 0 radical (unpaired) electrons. The highest BCUT2D eigenvalue weighted by Gasteiger charge is 2.24. The topological polar surface area (TPSA) is 85.5 Å². The molecular formula is C58H34N6O. The molecule has 0 fully saturated rings. The van der Waals surface area contributed by atoms with Crippen molar-refractivity contribution in [3.63, 3.8) is 0 Å². The first-order chi connectivity index (χ1) is 32.2. The van der Waals surface area contributed by atoms with Gasteiger partial charge in [0, 0.05) is 49.3 Å². The summed E-state index contributed by atoms with van der Waals surface area (Å²) in [5.74, 6) is 1.57. The maximum absolute atomic E-state index is 11.0. The number of furan rings is 1. The summed E-state index contributed by atoms with van der Waals surface area (Å²) in [4.78, 5) is 15.1. The first-order valence-corrected chi connectivity index (χ1v) is 21.6. The predicted molar refractivity (Wildman–Crippen MR) is 262 cm³/mol. The third-order valence-electron chi connectivity index (χ3n) is 12.6. The van der Waals surface area contributed by atoms with Gasteiger partial charge in [-0.15, -0.1) is 0 Å². The van der Waals surface area contributed by atoms with Gasteiger partial charge in [0.15, 0.2) is 23.1 Å². The highest BCUT2D eigenvalue weighted by Crippen LogP contribution is 2.45. The molecule has 0 aliphatic heterocycles. The molecule has 0 bridgehead atoms. The van der Waals surface area contributed by atoms with Crippen molar-refractivity contribution < 1.29 is 4.42 Å². The van der Waals surface area contributed by atoms with E-state index in [-0.39, 0.29) is 0 Å². The van der Waals surface area contributed by atoms with E-state index in [0.717, 1.165) is 93.8 Å². The van der Waals surface area contributed by atoms with E-state index in [1.54, 1.807) is 0 Å². The van der Waals surface area contributed by atoms with E-state index in [1.807, 2.05) is 91.0 Å². The van der Waals surface area contributed by atoms with Crippen LogP contribution in [0.15, 0.2) is 211 Å². The average molecular weight is 831 g/mol. The summed E-state index contributed by atoms with van der Waals surface area (Å²) < 4.78 is 11.6. The first-order valence-electron chi connectivity index (χ1n) is 21.6. The van der Waals surface area contributed by atoms with Crippen molar-refractivity contribution in [1.82, 2.24) is 24.1 Å². The van der Waals surface area contributed by atoms with Crippen LogP contribution in [0.5, 0.6) is 0 Å². The van der Waals surface area contributed by atoms with Crippen molar-refractivity contribution in [1.29, 1.82) is 5.26 Å². The van der Waals surface area contributed by atoms with Crippen LogP contribution < -0.4 is 0 Å². The van der Waals surface area contributed by atoms with E-state index in [2.05, 4.69) is 130 Å². The van der Waals surface area contributed by atoms with Gasteiger partial charge in [0.1, 0.15) is 11.7 Å². The minimum Gasteiger partial charge on any atom is -0.454 e. The predicted octanol–water partition coefficient (Wildman–Crippen LogP) is 14.5. The van der Waals surface area contributed by atoms with Gasteiger partial charge < -0.3 is 13.6 Å². The quantitative estimate of drug-likeness (QED) is 0.167. The van der Waals surface area contributed by atoms with Gasteiger partial charge in [-0.05, 0) is 77.9 Å². The maximum Gasteiger partial charge on any atom is 0.164 e. The van der Waals surface area contributed by atoms with Crippen molar-refractivity contribution in [3.8, 4) is 62.7 Å². The van der Waals surface area contributed by atoms with Gasteiger partial charge in [0.2, 0.25) is 0 Å². The molecule has 4 aromatic heterocycles. The van der Waals surface area contributed by atoms with E-state index in [1.165, 1.54) is 5.39 Å². The molecule has 0 spiro atoms. The van der Waals surface area contributed by atoms with Crippen LogP contribution in [0.25, 0.3) is 122 Å². The molecule has 0 saturated heterocycles. The molecule has 0 N–H and O–H groups in total. The van der Waals surface area contributed by atoms with Crippen molar-refractivity contribution in [3.05, 3.63) is 212 Å². The molecule has 0 amide bonds. The number of nitrogens with zero attached hydrogens (tertiary/aromatic N) is 6. The second kappa shape index (κ2) is 14.5. The summed E-state index contributed by atoms with van der Waals surface area (Å²) in [5, 5.41) is 17.5. The van der Waals surface area contributed by atoms with Crippen LogP contribution in [0.4, 0.5) is 0 Å². The number of benzene rings is 9. The molecule has 13 rings (SSSR count). The Balaban J connectivity index is 1.03. The Labute approximate surface area is 372 Å². The molecular weight excluding hydrogens is 797 g/mol. The normalized spacial score (nSPS) is 11.7. The molecule has 65 heavy (non-hydrogen) atoms. The molecule has 0 aliphatic carbocycles. The minimum atomic E-state index is 0.471. The van der Waals surface area contributed by atoms with Gasteiger partial charge in [-0.1, -0.05) is 140 Å². The largest absolute Gasteiger partial charge is 0.454 e. The van der Waals surface area contributed by atoms with Gasteiger partial charge in [-0.25, -0.2) is 15.0 Å². The van der Waals surface area contributed by atoms with Crippen LogP contribution in [0.1, 0.15) is 5.56 Å². The van der Waals surface area contributed by atoms with Gasteiger partial charge in [0.25, 0.3) is 0 Å². The van der Waals surface area contributed by atoms with Crippen LogP contribution in [-0.2, 0) is 0 Å². The molecule has 7 heteroatoms. The molecule has 0 atom stereocenters. The molecule has 7 nitrogen and oxygen atoms in total. The summed E-state index contributed by atoms with van der Waals surface area (Å²) in [5.41, 5.74) is 12.5. The standard InChI is InChI=1S/C58H34N6O/c59-35-41-34-40(58-61-56(37-17-6-2-7-18-37)60-57(62-58)39-20-14-19-38(33-39)36-15-4-1-5-16-36)27-31-48(41)64-50-26-13-11-24-44(50)46-28-29-47-52-51(65-55(47)54(46)64)32-30-45-43-23-10-12-25-49(43)63(53(45)52)42-21-8-3-9-22-42/h1-34H. The summed E-state index contributed by atoms with van der Waals surface area (Å²) >= 11 is 0. The van der Waals surface area contributed by atoms with E-state index in [9.17, 15) is 5.26 Å². The Bertz CT molecular complexity index is 4070. The number of hydrogen-bond donors (Lipinski definition) is 0. The SMILES string of the molecule is N#Cc1cc(-c2nc(-c3ccccc3)nc(-c3cccc(-c4ccccc4)c3)n2)ccc1-n1c2ccccc2c2ccc3c(oc4ccc5c6ccccc6n(-c6ccccc6)c5c43)c21. The molecule has 0 unspecified atom stereocenters. The Morgan fingerprint density at radius 3 is 1.65 bits per heavy atom. The fourth-order valence-corrected chi connectivity index (χ4v) is 9.70. The third kappa shape index (κ3) is 5.71. The second-order valence-corrected chi connectivity index (χ2v) is 16.3. The summed E-state index contributed by atoms with van der Waals surface area (Å²) in [6, 6.07) is 73.0. The number of rotatable bonds is 6. The molecule has 4 heterocycles. The van der Waals surface area contributed by atoms with E-state index in [4.69, 9.17) is 19.4 Å². The molecule has 0 aliphatic rings. The lowest BCUT2D eigenvalue weighted by atomic mass is 10.0. The molecule has 302 valence electrons. The zero-order valence-corrected chi connectivity index (χ0v) is 34.7. The average Bonchev–Trinajstić information content (AvgIpc) is 4.05. The summed E-state index contributed by atoms with van der Waals surface area (Å²) in [6.07, 6.45) is 0. The minimum absolute atomic E-state index is 0.471. The zero-order valence-electron chi connectivity index (χ0n) is 34.7. The first kappa shape index (κ1) is 36.5. The number of fused-ring (bicyclic) bond motifs is 11. The van der Waals surface area contributed by atoms with Crippen LogP contribution in [0.3, 0.4) is 0 Å². The van der Waals surface area contributed by atoms with Gasteiger partial charge in [-0.3, -0.25) is 0 Å². The van der Waals surface area contributed by atoms with Crippen molar-refractivity contribution >= 4 is 65.6 Å². The lowest BCUT2D eigenvalue weighted by molar-refractivity contribution is 0.671. The van der Waals surface area contributed by atoms with Crippen molar-refractivity contribution in [2.24, 2.45) is 0 Å². The second-order valence-electron chi connectivity index (χ2n) is 16.3. The number of para-hydroxylation sites is 3. The number of aromatic nitrogens is 5. The van der Waals surface area contributed by atoms with E-state index in [0.29, 0.717) is 28.6 Å². The highest BCUT2D eigenvalue weighted by atomic mass is 16.3. The highest BCUT2D eigenvalue weighted by molar-refractivity contribution is 6.28. The molecule has 0 saturated carbocycles. The van der Waals surface area contributed by atoms with E-state index >= 15 is 0 Å². The Hall–Kier alpha value is -9.12. The van der Waals surface area contributed by atoms with Crippen LogP contribution in [-0.4, -0.2) is 24.1 Å². The van der Waals surface area contributed by atoms with E-state index < -0.39 is 0 Å². The lowest BCUT2D eigenvalue weighted by Gasteiger charge is -2.13. The fourth-order valence-electron chi connectivity index (χ4n) is 9.70. The van der Waals surface area contributed by atoms with Gasteiger partial charge >= 0.3 is 0 Å². The maximum atomic E-state index is 11.0. The monoisotopic (exact) mass is 830 g/mol. The third-order valence-corrected chi connectivity index (χ3v) is 12.6. The lowest BCUT2D eigenvalue weighted by Crippen LogP contribution is -2.02. The van der Waals surface area contributed by atoms with Gasteiger partial charge in [-0.2, -0.15) is 5.26 Å². The van der Waals surface area contributed by atoms with Crippen molar-refractivity contribution in [2.45, 2.75) is 0 Å². The Morgan fingerprint density at radius 2 is 0.938 bits per heavy atom. The van der Waals surface area contributed by atoms with Crippen molar-refractivity contribution in [2.75, 3.05) is 0 Å². The van der Waals surface area contributed by atoms with Crippen LogP contribution >= 0.6 is 0 Å². The fraction of sp³-hybridized carbons (Fsp3) is 0. The summed E-state index contributed by atoms with van der Waals surface area (Å²) in [7, 11) is 0. The van der Waals surface area contributed by atoms with Crippen LogP contribution in [0, 0.1) is 11.3 Å². The number of hydrogen-bond acceptors (Lipinski definition) is 5. The smallest absolute Gasteiger partial charge is 0.164 e. The van der Waals surface area contributed by atoms with Crippen LogP contribution in [0.2, 0.25) is 0 Å². The molecule has 9 aromatic carbocycles. The van der Waals surface area contributed by atoms with Gasteiger partial charge in [0.05, 0.1) is 38.7 Å². The Morgan fingerprint density at radius 1 is 0.400 bits per heavy atom. The summed E-state index contributed by atoms with van der Waals surface area (Å²) in [6.45, 7) is 0. The number of nitriles is 1. The molecule has 13 aromatic rings. The Kier molecular flexibility index (Phi) is 8.14. The zero-order chi connectivity index (χ0) is 43.0.